The van der Waals surface area contributed by atoms with Crippen molar-refractivity contribution in [2.75, 3.05) is 10.2 Å². The fourth-order valence-corrected chi connectivity index (χ4v) is 3.10. The first kappa shape index (κ1) is 14.6. The Bertz CT molecular complexity index is 913. The SMILES string of the molecule is Cc1cccc(N2C(=O)c3ccccc3N[C@@H]2c2ccc(C)o2)c1. The lowest BCUT2D eigenvalue weighted by Gasteiger charge is -2.36. The monoisotopic (exact) mass is 318 g/mol. The van der Waals surface area contributed by atoms with Gasteiger partial charge in [0.15, 0.2) is 6.17 Å². The van der Waals surface area contributed by atoms with E-state index in [2.05, 4.69) is 5.32 Å². The Morgan fingerprint density at radius 1 is 1.00 bits per heavy atom. The van der Waals surface area contributed by atoms with Crippen LogP contribution in [0, 0.1) is 13.8 Å². The van der Waals surface area contributed by atoms with Crippen LogP contribution in [0.2, 0.25) is 0 Å². The highest BCUT2D eigenvalue weighted by Gasteiger charge is 2.35. The average molecular weight is 318 g/mol. The first-order chi connectivity index (χ1) is 11.6. The molecule has 3 aromatic rings. The first-order valence-electron chi connectivity index (χ1n) is 7.95. The van der Waals surface area contributed by atoms with Crippen molar-refractivity contribution in [2.45, 2.75) is 20.0 Å². The number of aryl methyl sites for hydroxylation is 2. The number of nitrogens with one attached hydrogen (secondary N) is 1. The number of furan rings is 1. The molecular weight excluding hydrogens is 300 g/mol. The standard InChI is InChI=1S/C20H18N2O2/c1-13-6-5-7-15(12-13)22-19(18-11-10-14(2)24-18)21-17-9-4-3-8-16(17)20(22)23/h3-12,19,21H,1-2H3/t19-/m0/s1. The number of rotatable bonds is 2. The zero-order valence-corrected chi connectivity index (χ0v) is 13.6. The molecule has 1 atom stereocenters. The second kappa shape index (κ2) is 5.57. The molecule has 4 nitrogen and oxygen atoms in total. The summed E-state index contributed by atoms with van der Waals surface area (Å²) in [5.41, 5.74) is 3.44. The lowest BCUT2D eigenvalue weighted by Crippen LogP contribution is -2.43. The van der Waals surface area contributed by atoms with E-state index in [0.717, 1.165) is 28.5 Å². The molecule has 1 N–H and O–H groups in total. The summed E-state index contributed by atoms with van der Waals surface area (Å²) in [4.78, 5) is 14.9. The maximum Gasteiger partial charge on any atom is 0.262 e. The second-order valence-corrected chi connectivity index (χ2v) is 6.06. The van der Waals surface area contributed by atoms with Gasteiger partial charge in [-0.2, -0.15) is 0 Å². The van der Waals surface area contributed by atoms with Crippen LogP contribution in [-0.2, 0) is 0 Å². The van der Waals surface area contributed by atoms with Gasteiger partial charge in [0.1, 0.15) is 11.5 Å². The maximum absolute atomic E-state index is 13.2. The van der Waals surface area contributed by atoms with E-state index >= 15 is 0 Å². The minimum Gasteiger partial charge on any atom is -0.462 e. The summed E-state index contributed by atoms with van der Waals surface area (Å²) >= 11 is 0. The first-order valence-corrected chi connectivity index (χ1v) is 7.95. The van der Waals surface area contributed by atoms with Gasteiger partial charge in [-0.3, -0.25) is 9.69 Å². The third-order valence-corrected chi connectivity index (χ3v) is 4.24. The summed E-state index contributed by atoms with van der Waals surface area (Å²) in [6.07, 6.45) is -0.372. The lowest BCUT2D eigenvalue weighted by molar-refractivity contribution is 0.0971. The van der Waals surface area contributed by atoms with Gasteiger partial charge >= 0.3 is 0 Å². The number of amides is 1. The van der Waals surface area contributed by atoms with Crippen LogP contribution < -0.4 is 10.2 Å². The molecule has 1 amide bonds. The fraction of sp³-hybridized carbons (Fsp3) is 0.150. The van der Waals surface area contributed by atoms with Crippen LogP contribution in [0.1, 0.15) is 33.6 Å². The Morgan fingerprint density at radius 3 is 2.58 bits per heavy atom. The predicted octanol–water partition coefficient (Wildman–Crippen LogP) is 4.67. The third kappa shape index (κ3) is 2.36. The highest BCUT2D eigenvalue weighted by molar-refractivity contribution is 6.12. The van der Waals surface area contributed by atoms with Crippen molar-refractivity contribution >= 4 is 17.3 Å². The average Bonchev–Trinajstić information content (AvgIpc) is 3.01. The molecule has 0 spiro atoms. The molecule has 4 rings (SSSR count). The number of hydrogen-bond acceptors (Lipinski definition) is 3. The molecule has 0 fully saturated rings. The van der Waals surface area contributed by atoms with Gasteiger partial charge in [0, 0.05) is 11.4 Å². The van der Waals surface area contributed by atoms with Crippen molar-refractivity contribution in [1.82, 2.24) is 0 Å². The zero-order valence-electron chi connectivity index (χ0n) is 13.6. The molecule has 2 heterocycles. The van der Waals surface area contributed by atoms with Gasteiger partial charge in [0.2, 0.25) is 0 Å². The van der Waals surface area contributed by atoms with E-state index in [9.17, 15) is 4.79 Å². The van der Waals surface area contributed by atoms with E-state index in [1.165, 1.54) is 0 Å². The van der Waals surface area contributed by atoms with Gasteiger partial charge in [-0.05, 0) is 55.8 Å². The van der Waals surface area contributed by atoms with E-state index in [1.54, 1.807) is 4.90 Å². The summed E-state index contributed by atoms with van der Waals surface area (Å²) in [6.45, 7) is 3.92. The summed E-state index contributed by atoms with van der Waals surface area (Å²) in [5.74, 6) is 1.51. The molecule has 1 aliphatic rings. The van der Waals surface area contributed by atoms with Crippen molar-refractivity contribution in [2.24, 2.45) is 0 Å². The Balaban J connectivity index is 1.87. The minimum atomic E-state index is -0.372. The summed E-state index contributed by atoms with van der Waals surface area (Å²) in [6, 6.07) is 19.3. The zero-order chi connectivity index (χ0) is 16.7. The van der Waals surface area contributed by atoms with Crippen LogP contribution in [0.5, 0.6) is 0 Å². The van der Waals surface area contributed by atoms with Gasteiger partial charge in [0.05, 0.1) is 5.56 Å². The molecule has 0 saturated heterocycles. The smallest absolute Gasteiger partial charge is 0.262 e. The second-order valence-electron chi connectivity index (χ2n) is 6.06. The highest BCUT2D eigenvalue weighted by atomic mass is 16.3. The third-order valence-electron chi connectivity index (χ3n) is 4.24. The number of nitrogens with zero attached hydrogens (tertiary/aromatic N) is 1. The van der Waals surface area contributed by atoms with Crippen molar-refractivity contribution in [3.8, 4) is 0 Å². The normalized spacial score (nSPS) is 16.7. The molecule has 0 saturated carbocycles. The van der Waals surface area contributed by atoms with Crippen molar-refractivity contribution in [3.63, 3.8) is 0 Å². The van der Waals surface area contributed by atoms with Gasteiger partial charge in [0.25, 0.3) is 5.91 Å². The van der Waals surface area contributed by atoms with Crippen LogP contribution >= 0.6 is 0 Å². The van der Waals surface area contributed by atoms with E-state index in [0.29, 0.717) is 5.56 Å². The Labute approximate surface area is 140 Å². The van der Waals surface area contributed by atoms with Crippen LogP contribution in [0.25, 0.3) is 0 Å². The van der Waals surface area contributed by atoms with Gasteiger partial charge in [-0.15, -0.1) is 0 Å². The van der Waals surface area contributed by atoms with E-state index in [-0.39, 0.29) is 12.1 Å². The summed E-state index contributed by atoms with van der Waals surface area (Å²) in [5, 5.41) is 3.44. The molecule has 2 aromatic carbocycles. The topological polar surface area (TPSA) is 45.5 Å². The summed E-state index contributed by atoms with van der Waals surface area (Å²) < 4.78 is 5.81. The molecule has 120 valence electrons. The Hall–Kier alpha value is -3.01. The molecule has 0 unspecified atom stereocenters. The number of benzene rings is 2. The molecule has 1 aromatic heterocycles. The number of hydrogen-bond donors (Lipinski definition) is 1. The van der Waals surface area contributed by atoms with Crippen LogP contribution in [0.4, 0.5) is 11.4 Å². The maximum atomic E-state index is 13.2. The van der Waals surface area contributed by atoms with E-state index < -0.39 is 0 Å². The number of carbonyl (C=O) groups excluding carboxylic acids is 1. The van der Waals surface area contributed by atoms with E-state index in [1.807, 2.05) is 74.5 Å². The predicted molar refractivity (Wildman–Crippen MR) is 94.2 cm³/mol. The molecule has 1 aliphatic heterocycles. The minimum absolute atomic E-state index is 0.0333. The van der Waals surface area contributed by atoms with Crippen LogP contribution in [0.3, 0.4) is 0 Å². The van der Waals surface area contributed by atoms with E-state index in [4.69, 9.17) is 4.42 Å². The number of anilines is 2. The molecule has 24 heavy (non-hydrogen) atoms. The molecule has 0 radical (unpaired) electrons. The molecule has 0 bridgehead atoms. The number of para-hydroxylation sites is 1. The van der Waals surface area contributed by atoms with Gasteiger partial charge < -0.3 is 9.73 Å². The molecule has 4 heteroatoms. The van der Waals surface area contributed by atoms with Crippen molar-refractivity contribution in [3.05, 3.63) is 83.3 Å². The van der Waals surface area contributed by atoms with Crippen LogP contribution in [-0.4, -0.2) is 5.91 Å². The Morgan fingerprint density at radius 2 is 1.83 bits per heavy atom. The lowest BCUT2D eigenvalue weighted by atomic mass is 10.0. The molecule has 0 aliphatic carbocycles. The largest absolute Gasteiger partial charge is 0.462 e. The van der Waals surface area contributed by atoms with Gasteiger partial charge in [-0.1, -0.05) is 24.3 Å². The Kier molecular flexibility index (Phi) is 3.38. The fourth-order valence-electron chi connectivity index (χ4n) is 3.10. The van der Waals surface area contributed by atoms with Gasteiger partial charge in [-0.25, -0.2) is 0 Å². The van der Waals surface area contributed by atoms with Crippen LogP contribution in [0.15, 0.2) is 65.1 Å². The number of carbonyl (C=O) groups is 1. The molecular formula is C20H18N2O2. The summed E-state index contributed by atoms with van der Waals surface area (Å²) in [7, 11) is 0. The van der Waals surface area contributed by atoms with Crippen molar-refractivity contribution in [1.29, 1.82) is 0 Å². The highest BCUT2D eigenvalue weighted by Crippen LogP contribution is 2.37. The van der Waals surface area contributed by atoms with Crippen molar-refractivity contribution < 1.29 is 9.21 Å². The quantitative estimate of drug-likeness (QED) is 0.747. The number of fused-ring (bicyclic) bond motifs is 1.